The van der Waals surface area contributed by atoms with Crippen molar-refractivity contribution in [3.05, 3.63) is 23.8 Å². The number of nitrogen functional groups attached to an aromatic ring is 1. The van der Waals surface area contributed by atoms with E-state index in [1.807, 2.05) is 0 Å². The van der Waals surface area contributed by atoms with Crippen LogP contribution in [0.2, 0.25) is 0 Å². The highest BCUT2D eigenvalue weighted by atomic mass is 16.5. The van der Waals surface area contributed by atoms with Crippen LogP contribution in [-0.2, 0) is 14.3 Å². The molecule has 6 heteroatoms. The summed E-state index contributed by atoms with van der Waals surface area (Å²) in [5.41, 5.74) is 6.32. The molecule has 0 heterocycles. The minimum atomic E-state index is -0.525. The minimum absolute atomic E-state index is 0.0892. The first-order chi connectivity index (χ1) is 8.58. The second kappa shape index (κ2) is 6.48. The van der Waals surface area contributed by atoms with E-state index in [2.05, 4.69) is 9.47 Å². The Morgan fingerprint density at radius 2 is 1.94 bits per heavy atom. The molecule has 1 rings (SSSR count). The summed E-state index contributed by atoms with van der Waals surface area (Å²) in [5.74, 6) is -0.632. The maximum absolute atomic E-state index is 11.5. The van der Waals surface area contributed by atoms with Crippen molar-refractivity contribution in [1.82, 2.24) is 0 Å². The molecule has 0 bridgehead atoms. The molecule has 0 amide bonds. The van der Waals surface area contributed by atoms with Crippen LogP contribution in [0.25, 0.3) is 0 Å². The summed E-state index contributed by atoms with van der Waals surface area (Å²) in [7, 11) is 2.57. The number of esters is 2. The third-order valence-corrected chi connectivity index (χ3v) is 2.20. The van der Waals surface area contributed by atoms with E-state index in [4.69, 9.17) is 10.5 Å². The van der Waals surface area contributed by atoms with Crippen molar-refractivity contribution in [1.29, 1.82) is 0 Å². The van der Waals surface area contributed by atoms with Gasteiger partial charge in [-0.05, 0) is 12.1 Å². The molecule has 0 aliphatic rings. The van der Waals surface area contributed by atoms with Gasteiger partial charge in [0.05, 0.1) is 27.2 Å². The molecule has 98 valence electrons. The molecule has 0 saturated heterocycles. The number of carbonyl (C=O) groups excluding carboxylic acids is 2. The quantitative estimate of drug-likeness (QED) is 0.622. The van der Waals surface area contributed by atoms with Crippen LogP contribution in [0, 0.1) is 0 Å². The highest BCUT2D eigenvalue weighted by Crippen LogP contribution is 2.22. The smallest absolute Gasteiger partial charge is 0.341 e. The molecular weight excluding hydrogens is 238 g/mol. The van der Waals surface area contributed by atoms with Gasteiger partial charge in [-0.15, -0.1) is 0 Å². The number of benzene rings is 1. The molecule has 1 aromatic carbocycles. The van der Waals surface area contributed by atoms with Crippen LogP contribution < -0.4 is 10.5 Å². The number of nitrogens with two attached hydrogens (primary N) is 1. The molecule has 0 atom stereocenters. The van der Waals surface area contributed by atoms with Crippen molar-refractivity contribution in [2.75, 3.05) is 26.6 Å². The van der Waals surface area contributed by atoms with E-state index < -0.39 is 11.9 Å². The largest absolute Gasteiger partial charge is 0.492 e. The molecule has 0 fully saturated rings. The lowest BCUT2D eigenvalue weighted by Crippen LogP contribution is -2.10. The van der Waals surface area contributed by atoms with Crippen molar-refractivity contribution in [3.8, 4) is 5.75 Å². The van der Waals surface area contributed by atoms with E-state index in [0.29, 0.717) is 5.69 Å². The van der Waals surface area contributed by atoms with Crippen molar-refractivity contribution >= 4 is 17.6 Å². The van der Waals surface area contributed by atoms with Gasteiger partial charge in [0.2, 0.25) is 0 Å². The lowest BCUT2D eigenvalue weighted by atomic mass is 10.2. The molecular formula is C12H15NO5. The van der Waals surface area contributed by atoms with Crippen molar-refractivity contribution < 1.29 is 23.8 Å². The molecule has 0 aromatic heterocycles. The number of ether oxygens (including phenoxy) is 3. The minimum Gasteiger partial charge on any atom is -0.492 e. The normalized spacial score (nSPS) is 9.67. The first-order valence-corrected chi connectivity index (χ1v) is 5.26. The summed E-state index contributed by atoms with van der Waals surface area (Å²) in [5, 5.41) is 0. The Morgan fingerprint density at radius 3 is 2.56 bits per heavy atom. The second-order valence-electron chi connectivity index (χ2n) is 3.42. The van der Waals surface area contributed by atoms with Crippen LogP contribution in [0.15, 0.2) is 18.2 Å². The zero-order chi connectivity index (χ0) is 13.5. The molecule has 0 aliphatic carbocycles. The van der Waals surface area contributed by atoms with Crippen LogP contribution in [0.1, 0.15) is 16.8 Å². The molecule has 0 spiro atoms. The Morgan fingerprint density at radius 1 is 1.22 bits per heavy atom. The first kappa shape index (κ1) is 13.8. The van der Waals surface area contributed by atoms with Gasteiger partial charge in [-0.25, -0.2) is 4.79 Å². The van der Waals surface area contributed by atoms with Crippen LogP contribution in [0.3, 0.4) is 0 Å². The second-order valence-corrected chi connectivity index (χ2v) is 3.42. The molecule has 0 unspecified atom stereocenters. The van der Waals surface area contributed by atoms with Gasteiger partial charge >= 0.3 is 11.9 Å². The van der Waals surface area contributed by atoms with Crippen LogP contribution >= 0.6 is 0 Å². The van der Waals surface area contributed by atoms with Gasteiger partial charge in [-0.1, -0.05) is 0 Å². The van der Waals surface area contributed by atoms with E-state index in [1.54, 1.807) is 6.07 Å². The number of carbonyl (C=O) groups is 2. The number of methoxy groups -OCH3 is 2. The van der Waals surface area contributed by atoms with E-state index in [9.17, 15) is 9.59 Å². The highest BCUT2D eigenvalue weighted by Gasteiger charge is 2.13. The van der Waals surface area contributed by atoms with E-state index in [0.717, 1.165) is 0 Å². The zero-order valence-corrected chi connectivity index (χ0v) is 10.3. The highest BCUT2D eigenvalue weighted by molar-refractivity contribution is 5.93. The fraction of sp³-hybridized carbons (Fsp3) is 0.333. The van der Waals surface area contributed by atoms with Gasteiger partial charge in [0.15, 0.2) is 0 Å². The first-order valence-electron chi connectivity index (χ1n) is 5.26. The lowest BCUT2D eigenvalue weighted by Gasteiger charge is -2.10. The average molecular weight is 253 g/mol. The molecule has 6 nitrogen and oxygen atoms in total. The summed E-state index contributed by atoms with van der Waals surface area (Å²) in [6, 6.07) is 4.58. The van der Waals surface area contributed by atoms with E-state index in [-0.39, 0.29) is 24.3 Å². The Balaban J connectivity index is 2.76. The Hall–Kier alpha value is -2.24. The fourth-order valence-electron chi connectivity index (χ4n) is 1.28. The van der Waals surface area contributed by atoms with E-state index >= 15 is 0 Å². The van der Waals surface area contributed by atoms with Gasteiger partial charge < -0.3 is 19.9 Å². The monoisotopic (exact) mass is 253 g/mol. The summed E-state index contributed by atoms with van der Waals surface area (Å²) in [6.07, 6.45) is 0.0892. The van der Waals surface area contributed by atoms with E-state index in [1.165, 1.54) is 26.4 Å². The maximum Gasteiger partial charge on any atom is 0.341 e. The fourth-order valence-corrected chi connectivity index (χ4v) is 1.28. The summed E-state index contributed by atoms with van der Waals surface area (Å²) < 4.78 is 14.4. The van der Waals surface area contributed by atoms with Gasteiger partial charge in [-0.2, -0.15) is 0 Å². The zero-order valence-electron chi connectivity index (χ0n) is 10.3. The van der Waals surface area contributed by atoms with Crippen LogP contribution in [-0.4, -0.2) is 32.8 Å². The predicted molar refractivity (Wildman–Crippen MR) is 64.3 cm³/mol. The van der Waals surface area contributed by atoms with Gasteiger partial charge in [0.25, 0.3) is 0 Å². The average Bonchev–Trinajstić information content (AvgIpc) is 2.37. The third kappa shape index (κ3) is 3.65. The molecule has 2 N–H and O–H groups in total. The molecule has 18 heavy (non-hydrogen) atoms. The van der Waals surface area contributed by atoms with Gasteiger partial charge in [0.1, 0.15) is 11.3 Å². The Kier molecular flexibility index (Phi) is 4.98. The van der Waals surface area contributed by atoms with Crippen molar-refractivity contribution in [2.45, 2.75) is 6.42 Å². The topological polar surface area (TPSA) is 87.9 Å². The Bertz CT molecular complexity index is 444. The van der Waals surface area contributed by atoms with Crippen LogP contribution in [0.5, 0.6) is 5.75 Å². The number of hydrogen-bond acceptors (Lipinski definition) is 6. The summed E-state index contributed by atoms with van der Waals surface area (Å²) >= 11 is 0. The van der Waals surface area contributed by atoms with Gasteiger partial charge in [-0.3, -0.25) is 4.79 Å². The maximum atomic E-state index is 11.5. The lowest BCUT2D eigenvalue weighted by molar-refractivity contribution is -0.141. The summed E-state index contributed by atoms with van der Waals surface area (Å²) in [4.78, 5) is 22.4. The third-order valence-electron chi connectivity index (χ3n) is 2.20. The number of hydrogen-bond donors (Lipinski definition) is 1. The number of rotatable bonds is 5. The Labute approximate surface area is 105 Å². The molecule has 1 aromatic rings. The molecule has 0 aliphatic heterocycles. The van der Waals surface area contributed by atoms with Crippen molar-refractivity contribution in [2.24, 2.45) is 0 Å². The SMILES string of the molecule is COC(=O)CCOc1cc(N)ccc1C(=O)OC. The summed E-state index contributed by atoms with van der Waals surface area (Å²) in [6.45, 7) is 0.0973. The number of anilines is 1. The standard InChI is InChI=1S/C12H15NO5/c1-16-11(14)5-6-18-10-7-8(13)3-4-9(10)12(15)17-2/h3-4,7H,5-6,13H2,1-2H3. The van der Waals surface area contributed by atoms with Crippen molar-refractivity contribution in [3.63, 3.8) is 0 Å². The predicted octanol–water partition coefficient (Wildman–Crippen LogP) is 0.997. The molecule has 0 radical (unpaired) electrons. The van der Waals surface area contributed by atoms with Crippen LogP contribution in [0.4, 0.5) is 5.69 Å². The molecule has 0 saturated carbocycles. The van der Waals surface area contributed by atoms with Gasteiger partial charge in [0, 0.05) is 11.8 Å².